The van der Waals surface area contributed by atoms with E-state index in [0.717, 1.165) is 0 Å². The number of ether oxygens (including phenoxy) is 2. The van der Waals surface area contributed by atoms with Gasteiger partial charge in [-0.1, -0.05) is 0 Å². The fraction of sp³-hybridized carbons (Fsp3) is 0.471. The summed E-state index contributed by atoms with van der Waals surface area (Å²) >= 11 is 0. The molecular weight excluding hydrogens is 328 g/mol. The summed E-state index contributed by atoms with van der Waals surface area (Å²) in [5.41, 5.74) is 0.340. The highest BCUT2D eigenvalue weighted by molar-refractivity contribution is 6.00. The molecule has 0 saturated heterocycles. The van der Waals surface area contributed by atoms with Crippen molar-refractivity contribution in [3.05, 3.63) is 23.8 Å². The Balaban J connectivity index is 2.01. The van der Waals surface area contributed by atoms with Gasteiger partial charge in [0, 0.05) is 18.6 Å². The highest BCUT2D eigenvalue weighted by Gasteiger charge is 2.23. The summed E-state index contributed by atoms with van der Waals surface area (Å²) < 4.78 is 10.8. The van der Waals surface area contributed by atoms with Crippen molar-refractivity contribution in [2.45, 2.75) is 38.8 Å². The first-order chi connectivity index (χ1) is 11.7. The maximum absolute atomic E-state index is 12.3. The SMILES string of the molecule is CC(C)(C)OCCC(NC(=O)c1ccc2c(c1)OCC(=O)N2)C(=O)O. The second-order valence-electron chi connectivity index (χ2n) is 6.66. The Morgan fingerprint density at radius 2 is 2.12 bits per heavy atom. The first-order valence-corrected chi connectivity index (χ1v) is 7.90. The third-order valence-electron chi connectivity index (χ3n) is 3.42. The zero-order valence-electron chi connectivity index (χ0n) is 14.4. The Bertz CT molecular complexity index is 680. The van der Waals surface area contributed by atoms with Gasteiger partial charge in [-0.05, 0) is 39.0 Å². The summed E-state index contributed by atoms with van der Waals surface area (Å²) in [7, 11) is 0. The lowest BCUT2D eigenvalue weighted by Gasteiger charge is -2.22. The average Bonchev–Trinajstić information content (AvgIpc) is 2.51. The van der Waals surface area contributed by atoms with E-state index in [-0.39, 0.29) is 36.7 Å². The first kappa shape index (κ1) is 18.7. The number of carboxylic acid groups (broad SMARTS) is 1. The van der Waals surface area contributed by atoms with E-state index in [4.69, 9.17) is 9.47 Å². The van der Waals surface area contributed by atoms with Crippen molar-refractivity contribution >= 4 is 23.5 Å². The number of hydrogen-bond donors (Lipinski definition) is 3. The second kappa shape index (κ2) is 7.52. The van der Waals surface area contributed by atoms with Crippen LogP contribution in [0.3, 0.4) is 0 Å². The number of carboxylic acids is 1. The van der Waals surface area contributed by atoms with Crippen molar-refractivity contribution in [2.75, 3.05) is 18.5 Å². The summed E-state index contributed by atoms with van der Waals surface area (Å²) in [6, 6.07) is 3.44. The summed E-state index contributed by atoms with van der Waals surface area (Å²) in [5.74, 6) is -1.57. The van der Waals surface area contributed by atoms with Gasteiger partial charge in [0.05, 0.1) is 11.3 Å². The molecule has 1 aliphatic heterocycles. The van der Waals surface area contributed by atoms with Crippen LogP contribution < -0.4 is 15.4 Å². The van der Waals surface area contributed by atoms with E-state index in [9.17, 15) is 19.5 Å². The number of aliphatic carboxylic acids is 1. The van der Waals surface area contributed by atoms with Gasteiger partial charge in [0.25, 0.3) is 11.8 Å². The van der Waals surface area contributed by atoms with E-state index in [0.29, 0.717) is 11.4 Å². The number of anilines is 1. The molecule has 1 aliphatic rings. The quantitative estimate of drug-likeness (QED) is 0.715. The fourth-order valence-corrected chi connectivity index (χ4v) is 2.20. The molecule has 1 aromatic rings. The second-order valence-corrected chi connectivity index (χ2v) is 6.66. The molecule has 0 saturated carbocycles. The average molecular weight is 350 g/mol. The number of nitrogens with one attached hydrogen (secondary N) is 2. The molecule has 2 amide bonds. The molecule has 136 valence electrons. The standard InChI is InChI=1S/C17H22N2O6/c1-17(2,3)25-7-6-12(16(22)23)19-15(21)10-4-5-11-13(8-10)24-9-14(20)18-11/h4-5,8,12H,6-7,9H2,1-3H3,(H,18,20)(H,19,21)(H,22,23). The van der Waals surface area contributed by atoms with Crippen LogP contribution in [0.25, 0.3) is 0 Å². The van der Waals surface area contributed by atoms with Crippen molar-refractivity contribution in [2.24, 2.45) is 0 Å². The Hall–Kier alpha value is -2.61. The Labute approximate surface area is 145 Å². The van der Waals surface area contributed by atoms with Gasteiger partial charge in [0.15, 0.2) is 6.61 Å². The Morgan fingerprint density at radius 3 is 2.76 bits per heavy atom. The van der Waals surface area contributed by atoms with Gasteiger partial charge in [0.1, 0.15) is 11.8 Å². The topological polar surface area (TPSA) is 114 Å². The molecule has 1 heterocycles. The number of amides is 2. The van der Waals surface area contributed by atoms with E-state index in [1.54, 1.807) is 6.07 Å². The monoisotopic (exact) mass is 350 g/mol. The van der Waals surface area contributed by atoms with E-state index >= 15 is 0 Å². The van der Waals surface area contributed by atoms with Gasteiger partial charge in [-0.3, -0.25) is 9.59 Å². The number of carbonyl (C=O) groups is 3. The molecular formula is C17H22N2O6. The van der Waals surface area contributed by atoms with Gasteiger partial charge in [-0.2, -0.15) is 0 Å². The van der Waals surface area contributed by atoms with E-state index in [1.165, 1.54) is 12.1 Å². The number of hydrogen-bond acceptors (Lipinski definition) is 5. The van der Waals surface area contributed by atoms with Crippen LogP contribution in [-0.2, 0) is 14.3 Å². The maximum atomic E-state index is 12.3. The predicted octanol–water partition coefficient (Wildman–Crippen LogP) is 1.41. The first-order valence-electron chi connectivity index (χ1n) is 7.90. The Kier molecular flexibility index (Phi) is 5.63. The number of carbonyl (C=O) groups excluding carboxylic acids is 2. The molecule has 8 heteroatoms. The molecule has 25 heavy (non-hydrogen) atoms. The van der Waals surface area contributed by atoms with Crippen LogP contribution in [0.4, 0.5) is 5.69 Å². The third kappa shape index (κ3) is 5.46. The predicted molar refractivity (Wildman–Crippen MR) is 89.8 cm³/mol. The Morgan fingerprint density at radius 1 is 1.40 bits per heavy atom. The van der Waals surface area contributed by atoms with Crippen molar-refractivity contribution in [3.8, 4) is 5.75 Å². The number of rotatable bonds is 6. The fourth-order valence-electron chi connectivity index (χ4n) is 2.20. The van der Waals surface area contributed by atoms with Gasteiger partial charge in [0.2, 0.25) is 0 Å². The van der Waals surface area contributed by atoms with Crippen LogP contribution in [0.2, 0.25) is 0 Å². The van der Waals surface area contributed by atoms with Crippen LogP contribution in [0.5, 0.6) is 5.75 Å². The van der Waals surface area contributed by atoms with E-state index in [2.05, 4.69) is 10.6 Å². The summed E-state index contributed by atoms with van der Waals surface area (Å²) in [5, 5.41) is 14.4. The zero-order chi connectivity index (χ0) is 18.6. The number of fused-ring (bicyclic) bond motifs is 1. The zero-order valence-corrected chi connectivity index (χ0v) is 14.4. The van der Waals surface area contributed by atoms with Crippen LogP contribution in [-0.4, -0.2) is 47.7 Å². The normalized spacial score (nSPS) is 14.8. The summed E-state index contributed by atoms with van der Waals surface area (Å²) in [6.45, 7) is 5.69. The molecule has 1 aromatic carbocycles. The van der Waals surface area contributed by atoms with Crippen LogP contribution in [0.1, 0.15) is 37.6 Å². The van der Waals surface area contributed by atoms with Gasteiger partial charge >= 0.3 is 5.97 Å². The van der Waals surface area contributed by atoms with E-state index in [1.807, 2.05) is 20.8 Å². The smallest absolute Gasteiger partial charge is 0.326 e. The molecule has 8 nitrogen and oxygen atoms in total. The molecule has 0 fully saturated rings. The molecule has 0 aliphatic carbocycles. The van der Waals surface area contributed by atoms with Crippen molar-refractivity contribution in [1.82, 2.24) is 5.32 Å². The van der Waals surface area contributed by atoms with Crippen LogP contribution in [0, 0.1) is 0 Å². The minimum Gasteiger partial charge on any atom is -0.482 e. The van der Waals surface area contributed by atoms with Crippen LogP contribution in [0.15, 0.2) is 18.2 Å². The summed E-state index contributed by atoms with van der Waals surface area (Å²) in [6.07, 6.45) is 0.149. The van der Waals surface area contributed by atoms with Crippen molar-refractivity contribution in [3.63, 3.8) is 0 Å². The van der Waals surface area contributed by atoms with Crippen molar-refractivity contribution < 1.29 is 29.0 Å². The molecule has 0 aromatic heterocycles. The van der Waals surface area contributed by atoms with Crippen molar-refractivity contribution in [1.29, 1.82) is 0 Å². The molecule has 0 spiro atoms. The molecule has 0 radical (unpaired) electrons. The molecule has 1 atom stereocenters. The van der Waals surface area contributed by atoms with E-state index < -0.39 is 17.9 Å². The lowest BCUT2D eigenvalue weighted by molar-refractivity contribution is -0.140. The largest absolute Gasteiger partial charge is 0.482 e. The highest BCUT2D eigenvalue weighted by atomic mass is 16.5. The molecule has 1 unspecified atom stereocenters. The number of benzene rings is 1. The molecule has 0 bridgehead atoms. The lowest BCUT2D eigenvalue weighted by atomic mass is 10.1. The van der Waals surface area contributed by atoms with Gasteiger partial charge < -0.3 is 25.2 Å². The lowest BCUT2D eigenvalue weighted by Crippen LogP contribution is -2.42. The van der Waals surface area contributed by atoms with Gasteiger partial charge in [-0.25, -0.2) is 4.79 Å². The maximum Gasteiger partial charge on any atom is 0.326 e. The minimum absolute atomic E-state index is 0.125. The summed E-state index contributed by atoms with van der Waals surface area (Å²) in [4.78, 5) is 34.9. The highest BCUT2D eigenvalue weighted by Crippen LogP contribution is 2.28. The van der Waals surface area contributed by atoms with Gasteiger partial charge in [-0.15, -0.1) is 0 Å². The minimum atomic E-state index is -1.13. The molecule has 3 N–H and O–H groups in total. The van der Waals surface area contributed by atoms with Crippen LogP contribution >= 0.6 is 0 Å². The third-order valence-corrected chi connectivity index (χ3v) is 3.42. The molecule has 2 rings (SSSR count).